The molecule has 9 heteroatoms. The van der Waals surface area contributed by atoms with E-state index in [2.05, 4.69) is 15.3 Å². The van der Waals surface area contributed by atoms with Crippen LogP contribution in [0.2, 0.25) is 0 Å². The summed E-state index contributed by atoms with van der Waals surface area (Å²) in [5, 5.41) is 15.7. The summed E-state index contributed by atoms with van der Waals surface area (Å²) in [5.41, 5.74) is 9.64. The lowest BCUT2D eigenvalue weighted by Crippen LogP contribution is -2.53. The molecule has 2 N–H and O–H groups in total. The van der Waals surface area contributed by atoms with Crippen molar-refractivity contribution in [3.8, 4) is 5.75 Å². The Hall–Kier alpha value is -3.55. The maximum absolute atomic E-state index is 13.5. The normalized spacial score (nSPS) is 19.2. The van der Waals surface area contributed by atoms with E-state index < -0.39 is 11.6 Å². The lowest BCUT2D eigenvalue weighted by atomic mass is 9.85. The number of aliphatic hydroxyl groups is 1. The van der Waals surface area contributed by atoms with Crippen LogP contribution >= 0.6 is 0 Å². The van der Waals surface area contributed by atoms with Gasteiger partial charge in [0.1, 0.15) is 11.9 Å². The predicted octanol–water partition coefficient (Wildman–Crippen LogP) is 4.31. The Kier molecular flexibility index (Phi) is 8.51. The number of aliphatic imine (C=N–C) groups is 1. The predicted molar refractivity (Wildman–Crippen MR) is 130 cm³/mol. The Morgan fingerprint density at radius 1 is 1.29 bits per heavy atom. The second-order valence-corrected chi connectivity index (χ2v) is 8.65. The SMILES string of the molecule is CC(C)CNC(=O)[C@]1(Cc2ccccc2N=[N+]=[N-])N=C(c2ccc(OCCCO)cc2)O[C@@H]1C. The van der Waals surface area contributed by atoms with Crippen molar-refractivity contribution in [2.75, 3.05) is 19.8 Å². The van der Waals surface area contributed by atoms with Crippen LogP contribution in [0.5, 0.6) is 5.75 Å². The number of rotatable bonds is 11. The van der Waals surface area contributed by atoms with Gasteiger partial charge in [-0.15, -0.1) is 0 Å². The summed E-state index contributed by atoms with van der Waals surface area (Å²) in [6.45, 7) is 6.89. The Morgan fingerprint density at radius 3 is 2.71 bits per heavy atom. The minimum Gasteiger partial charge on any atom is -0.494 e. The Balaban J connectivity index is 1.95. The number of carbonyl (C=O) groups excluding carboxylic acids is 1. The minimum absolute atomic E-state index is 0.0738. The maximum atomic E-state index is 13.5. The molecule has 1 aliphatic rings. The number of amides is 1. The lowest BCUT2D eigenvalue weighted by Gasteiger charge is -2.29. The van der Waals surface area contributed by atoms with Crippen molar-refractivity contribution >= 4 is 17.5 Å². The zero-order valence-electron chi connectivity index (χ0n) is 19.8. The van der Waals surface area contributed by atoms with Crippen molar-refractivity contribution in [2.24, 2.45) is 16.0 Å². The topological polar surface area (TPSA) is 129 Å². The molecule has 0 bridgehead atoms. The lowest BCUT2D eigenvalue weighted by molar-refractivity contribution is -0.128. The minimum atomic E-state index is -1.22. The molecule has 0 unspecified atom stereocenters. The first-order chi connectivity index (χ1) is 16.4. The third-order valence-corrected chi connectivity index (χ3v) is 5.60. The molecule has 9 nitrogen and oxygen atoms in total. The largest absolute Gasteiger partial charge is 0.494 e. The van der Waals surface area contributed by atoms with E-state index in [-0.39, 0.29) is 24.9 Å². The van der Waals surface area contributed by atoms with Gasteiger partial charge in [0.05, 0.1) is 6.61 Å². The van der Waals surface area contributed by atoms with Crippen LogP contribution in [-0.2, 0) is 16.0 Å². The fourth-order valence-corrected chi connectivity index (χ4v) is 3.69. The van der Waals surface area contributed by atoms with Gasteiger partial charge >= 0.3 is 0 Å². The summed E-state index contributed by atoms with van der Waals surface area (Å²) in [5.74, 6) is 1.09. The van der Waals surface area contributed by atoms with Crippen LogP contribution in [0.3, 0.4) is 0 Å². The van der Waals surface area contributed by atoms with E-state index >= 15 is 0 Å². The number of nitrogens with zero attached hydrogens (tertiary/aromatic N) is 4. The van der Waals surface area contributed by atoms with Crippen molar-refractivity contribution in [3.05, 3.63) is 70.1 Å². The zero-order valence-corrected chi connectivity index (χ0v) is 19.8. The van der Waals surface area contributed by atoms with Crippen LogP contribution in [0.4, 0.5) is 5.69 Å². The van der Waals surface area contributed by atoms with Gasteiger partial charge in [-0.05, 0) is 48.2 Å². The standard InChI is InChI=1S/C25H31N5O4/c1-17(2)16-27-24(32)25(15-20-7-4-5-8-22(20)29-30-26)18(3)34-23(28-25)19-9-11-21(12-10-19)33-14-6-13-31/h4-5,7-12,17-18,31H,6,13-16H2,1-3H3,(H,27,32)/t18-,25-/m1/s1. The molecule has 0 spiro atoms. The van der Waals surface area contributed by atoms with Gasteiger partial charge in [-0.3, -0.25) is 4.79 Å². The van der Waals surface area contributed by atoms with E-state index in [0.717, 1.165) is 5.56 Å². The second kappa shape index (κ2) is 11.5. The number of nitrogens with one attached hydrogen (secondary N) is 1. The summed E-state index contributed by atoms with van der Waals surface area (Å²) in [6.07, 6.45) is 0.230. The van der Waals surface area contributed by atoms with E-state index in [1.54, 1.807) is 24.3 Å². The molecule has 0 saturated carbocycles. The van der Waals surface area contributed by atoms with Crippen LogP contribution in [-0.4, -0.2) is 48.3 Å². The first kappa shape index (κ1) is 25.1. The molecule has 2 atom stereocenters. The number of benzene rings is 2. The molecule has 0 fully saturated rings. The Bertz CT molecular complexity index is 1060. The molecule has 1 aliphatic heterocycles. The van der Waals surface area contributed by atoms with Gasteiger partial charge in [0.25, 0.3) is 5.91 Å². The highest BCUT2D eigenvalue weighted by atomic mass is 16.5. The number of aliphatic hydroxyl groups excluding tert-OH is 1. The summed E-state index contributed by atoms with van der Waals surface area (Å²) < 4.78 is 11.7. The molecular weight excluding hydrogens is 434 g/mol. The molecule has 2 aromatic carbocycles. The molecule has 0 radical (unpaired) electrons. The van der Waals surface area contributed by atoms with Gasteiger partial charge in [-0.2, -0.15) is 0 Å². The summed E-state index contributed by atoms with van der Waals surface area (Å²) >= 11 is 0. The molecule has 0 saturated heterocycles. The fraction of sp³-hybridized carbons (Fsp3) is 0.440. The van der Waals surface area contributed by atoms with Crippen molar-refractivity contribution in [2.45, 2.75) is 45.3 Å². The second-order valence-electron chi connectivity index (χ2n) is 8.65. The third-order valence-electron chi connectivity index (χ3n) is 5.60. The molecular formula is C25H31N5O4. The molecule has 2 aromatic rings. The van der Waals surface area contributed by atoms with E-state index in [1.807, 2.05) is 45.0 Å². The average molecular weight is 466 g/mol. The first-order valence-corrected chi connectivity index (χ1v) is 11.4. The Labute approximate surface area is 199 Å². The molecule has 34 heavy (non-hydrogen) atoms. The summed E-state index contributed by atoms with van der Waals surface area (Å²) in [7, 11) is 0. The van der Waals surface area contributed by atoms with Crippen LogP contribution in [0.15, 0.2) is 58.6 Å². The average Bonchev–Trinajstić information content (AvgIpc) is 3.16. The van der Waals surface area contributed by atoms with Gasteiger partial charge in [0.15, 0.2) is 5.54 Å². The monoisotopic (exact) mass is 465 g/mol. The van der Waals surface area contributed by atoms with Gasteiger partial charge < -0.3 is 19.9 Å². The van der Waals surface area contributed by atoms with Crippen molar-refractivity contribution in [1.82, 2.24) is 5.32 Å². The maximum Gasteiger partial charge on any atom is 0.252 e. The van der Waals surface area contributed by atoms with E-state index in [4.69, 9.17) is 25.1 Å². The van der Waals surface area contributed by atoms with E-state index in [0.29, 0.717) is 42.5 Å². The molecule has 1 amide bonds. The fourth-order valence-electron chi connectivity index (χ4n) is 3.69. The molecule has 1 heterocycles. The summed E-state index contributed by atoms with van der Waals surface area (Å²) in [6, 6.07) is 14.4. The van der Waals surface area contributed by atoms with Crippen LogP contribution < -0.4 is 10.1 Å². The first-order valence-electron chi connectivity index (χ1n) is 11.4. The van der Waals surface area contributed by atoms with Gasteiger partial charge in [-0.25, -0.2) is 4.99 Å². The molecule has 0 aliphatic carbocycles. The quantitative estimate of drug-likeness (QED) is 0.222. The number of ether oxygens (including phenoxy) is 2. The molecule has 3 rings (SSSR count). The summed E-state index contributed by atoms with van der Waals surface area (Å²) in [4.78, 5) is 21.2. The third kappa shape index (κ3) is 5.87. The van der Waals surface area contributed by atoms with Gasteiger partial charge in [-0.1, -0.05) is 43.2 Å². The van der Waals surface area contributed by atoms with Gasteiger partial charge in [0, 0.05) is 42.2 Å². The van der Waals surface area contributed by atoms with E-state index in [9.17, 15) is 4.79 Å². The van der Waals surface area contributed by atoms with Crippen LogP contribution in [0.25, 0.3) is 10.4 Å². The highest BCUT2D eigenvalue weighted by molar-refractivity contribution is 6.01. The van der Waals surface area contributed by atoms with E-state index in [1.165, 1.54) is 0 Å². The smallest absolute Gasteiger partial charge is 0.252 e. The van der Waals surface area contributed by atoms with Gasteiger partial charge in [0.2, 0.25) is 5.90 Å². The highest BCUT2D eigenvalue weighted by Gasteiger charge is 2.50. The van der Waals surface area contributed by atoms with Crippen LogP contribution in [0.1, 0.15) is 38.3 Å². The van der Waals surface area contributed by atoms with Crippen molar-refractivity contribution in [3.63, 3.8) is 0 Å². The van der Waals surface area contributed by atoms with Crippen molar-refractivity contribution in [1.29, 1.82) is 0 Å². The number of hydrogen-bond acceptors (Lipinski definition) is 6. The van der Waals surface area contributed by atoms with Crippen molar-refractivity contribution < 1.29 is 19.4 Å². The number of carbonyl (C=O) groups is 1. The number of hydrogen-bond donors (Lipinski definition) is 2. The number of azide groups is 1. The molecule has 0 aromatic heterocycles. The Morgan fingerprint density at radius 2 is 2.03 bits per heavy atom. The highest BCUT2D eigenvalue weighted by Crippen LogP contribution is 2.35. The zero-order chi connectivity index (χ0) is 24.6. The van der Waals surface area contributed by atoms with Crippen LogP contribution in [0, 0.1) is 5.92 Å². The molecule has 180 valence electrons.